The molecular formula is C13H21NO3S2. The van der Waals surface area contributed by atoms with E-state index in [9.17, 15) is 8.42 Å². The molecule has 1 aliphatic rings. The van der Waals surface area contributed by atoms with E-state index in [1.54, 1.807) is 12.1 Å². The van der Waals surface area contributed by atoms with Crippen molar-refractivity contribution in [2.75, 3.05) is 6.61 Å². The topological polar surface area (TPSA) is 66.4 Å². The van der Waals surface area contributed by atoms with Gasteiger partial charge in [-0.1, -0.05) is 27.7 Å². The summed E-state index contributed by atoms with van der Waals surface area (Å²) < 4.78 is 27.8. The van der Waals surface area contributed by atoms with Crippen molar-refractivity contribution in [3.05, 3.63) is 17.0 Å². The van der Waals surface area contributed by atoms with E-state index in [0.29, 0.717) is 10.6 Å². The minimum absolute atomic E-state index is 0.0226. The van der Waals surface area contributed by atoms with E-state index >= 15 is 0 Å². The molecular weight excluding hydrogens is 282 g/mol. The van der Waals surface area contributed by atoms with Gasteiger partial charge < -0.3 is 5.11 Å². The maximum Gasteiger partial charge on any atom is 0.250 e. The third kappa shape index (κ3) is 2.46. The lowest BCUT2D eigenvalue weighted by molar-refractivity contribution is 0.300. The van der Waals surface area contributed by atoms with Crippen molar-refractivity contribution in [2.45, 2.75) is 44.4 Å². The van der Waals surface area contributed by atoms with Crippen LogP contribution in [0.2, 0.25) is 0 Å². The summed E-state index contributed by atoms with van der Waals surface area (Å²) in [4.78, 5) is 0.886. The Morgan fingerprint density at radius 2 is 1.84 bits per heavy atom. The van der Waals surface area contributed by atoms with Crippen molar-refractivity contribution < 1.29 is 13.5 Å². The van der Waals surface area contributed by atoms with Gasteiger partial charge in [-0.15, -0.1) is 11.3 Å². The fraction of sp³-hybridized carbons (Fsp3) is 0.692. The van der Waals surface area contributed by atoms with Gasteiger partial charge in [0.2, 0.25) is 10.0 Å². The molecule has 0 bridgehead atoms. The molecule has 1 saturated carbocycles. The number of aliphatic hydroxyl groups excluding tert-OH is 1. The van der Waals surface area contributed by atoms with Gasteiger partial charge in [0.1, 0.15) is 4.21 Å². The average molecular weight is 303 g/mol. The first-order chi connectivity index (χ1) is 8.63. The highest BCUT2D eigenvalue weighted by atomic mass is 32.2. The standard InChI is InChI=1S/C13H21NO3S2/c1-12(2)11(13(12,3)4)14-19(16,17)10-6-5-9(18-10)7-8-15/h5-6,11,14-15H,7-8H2,1-4H3. The number of hydrogen-bond acceptors (Lipinski definition) is 4. The molecule has 1 aromatic rings. The van der Waals surface area contributed by atoms with Gasteiger partial charge in [0, 0.05) is 23.9 Å². The zero-order valence-electron chi connectivity index (χ0n) is 11.7. The molecule has 0 spiro atoms. The zero-order chi connectivity index (χ0) is 14.5. The van der Waals surface area contributed by atoms with Crippen LogP contribution in [0.1, 0.15) is 32.6 Å². The summed E-state index contributed by atoms with van der Waals surface area (Å²) in [7, 11) is -3.45. The summed E-state index contributed by atoms with van der Waals surface area (Å²) in [6.07, 6.45) is 0.501. The zero-order valence-corrected chi connectivity index (χ0v) is 13.4. The highest BCUT2D eigenvalue weighted by Crippen LogP contribution is 2.63. The Morgan fingerprint density at radius 1 is 1.26 bits per heavy atom. The average Bonchev–Trinajstić information content (AvgIpc) is 2.71. The van der Waals surface area contributed by atoms with Crippen LogP contribution in [0.3, 0.4) is 0 Å². The number of sulfonamides is 1. The SMILES string of the molecule is CC1(C)C(NS(=O)(=O)c2ccc(CCO)s2)C1(C)C. The van der Waals surface area contributed by atoms with Crippen LogP contribution in [0, 0.1) is 10.8 Å². The lowest BCUT2D eigenvalue weighted by Crippen LogP contribution is -2.29. The van der Waals surface area contributed by atoms with Crippen molar-refractivity contribution in [1.29, 1.82) is 0 Å². The Kier molecular flexibility index (Phi) is 3.58. The summed E-state index contributed by atoms with van der Waals surface area (Å²) in [5.74, 6) is 0. The van der Waals surface area contributed by atoms with E-state index in [-0.39, 0.29) is 23.5 Å². The van der Waals surface area contributed by atoms with Crippen LogP contribution in [0.4, 0.5) is 0 Å². The van der Waals surface area contributed by atoms with Crippen molar-refractivity contribution in [3.63, 3.8) is 0 Å². The molecule has 4 nitrogen and oxygen atoms in total. The predicted molar refractivity (Wildman–Crippen MR) is 76.8 cm³/mol. The van der Waals surface area contributed by atoms with Crippen LogP contribution in [0.15, 0.2) is 16.3 Å². The molecule has 0 unspecified atom stereocenters. The smallest absolute Gasteiger partial charge is 0.250 e. The number of nitrogens with one attached hydrogen (secondary N) is 1. The Bertz CT molecular complexity index is 558. The van der Waals surface area contributed by atoms with Crippen LogP contribution in [0.5, 0.6) is 0 Å². The first-order valence-corrected chi connectivity index (χ1v) is 8.65. The van der Waals surface area contributed by atoms with Gasteiger partial charge in [-0.05, 0) is 23.0 Å². The normalized spacial score (nSPS) is 21.5. The molecule has 1 aliphatic carbocycles. The molecule has 1 heterocycles. The molecule has 0 amide bonds. The van der Waals surface area contributed by atoms with Crippen molar-refractivity contribution in [3.8, 4) is 0 Å². The molecule has 2 N–H and O–H groups in total. The van der Waals surface area contributed by atoms with Gasteiger partial charge in [0.05, 0.1) is 0 Å². The maximum absolute atomic E-state index is 12.3. The van der Waals surface area contributed by atoms with Crippen molar-refractivity contribution in [1.82, 2.24) is 4.72 Å². The Labute approximate surface area is 118 Å². The molecule has 6 heteroatoms. The number of hydrogen-bond donors (Lipinski definition) is 2. The van der Waals surface area contributed by atoms with Crippen LogP contribution >= 0.6 is 11.3 Å². The minimum atomic E-state index is -3.45. The van der Waals surface area contributed by atoms with Crippen LogP contribution in [-0.4, -0.2) is 26.2 Å². The fourth-order valence-corrected chi connectivity index (χ4v) is 5.34. The van der Waals surface area contributed by atoms with E-state index in [4.69, 9.17) is 5.11 Å². The first-order valence-electron chi connectivity index (χ1n) is 6.35. The fourth-order valence-electron chi connectivity index (χ4n) is 2.45. The summed E-state index contributed by atoms with van der Waals surface area (Å²) in [5, 5.41) is 8.87. The third-order valence-corrected chi connectivity index (χ3v) is 7.61. The predicted octanol–water partition coefficient (Wildman–Crippen LogP) is 2.00. The van der Waals surface area contributed by atoms with E-state index in [1.807, 2.05) is 0 Å². The van der Waals surface area contributed by atoms with E-state index in [1.165, 1.54) is 11.3 Å². The van der Waals surface area contributed by atoms with Gasteiger partial charge in [-0.25, -0.2) is 13.1 Å². The lowest BCUT2D eigenvalue weighted by Gasteiger charge is -2.06. The highest BCUT2D eigenvalue weighted by molar-refractivity contribution is 7.91. The molecule has 19 heavy (non-hydrogen) atoms. The molecule has 108 valence electrons. The summed E-state index contributed by atoms with van der Waals surface area (Å²) in [6.45, 7) is 8.34. The Hall–Kier alpha value is -0.430. The maximum atomic E-state index is 12.3. The quantitative estimate of drug-likeness (QED) is 0.874. The molecule has 0 saturated heterocycles. The first kappa shape index (κ1) is 15.0. The van der Waals surface area contributed by atoms with E-state index in [2.05, 4.69) is 32.4 Å². The van der Waals surface area contributed by atoms with Gasteiger partial charge in [0.25, 0.3) is 0 Å². The van der Waals surface area contributed by atoms with E-state index in [0.717, 1.165) is 4.88 Å². The van der Waals surface area contributed by atoms with Crippen LogP contribution < -0.4 is 4.72 Å². The van der Waals surface area contributed by atoms with Gasteiger partial charge in [0.15, 0.2) is 0 Å². The van der Waals surface area contributed by atoms with Crippen molar-refractivity contribution in [2.24, 2.45) is 10.8 Å². The second kappa shape index (κ2) is 4.55. The monoisotopic (exact) mass is 303 g/mol. The molecule has 1 fully saturated rings. The molecule has 0 atom stereocenters. The van der Waals surface area contributed by atoms with Crippen molar-refractivity contribution >= 4 is 21.4 Å². The number of rotatable bonds is 5. The molecule has 2 rings (SSSR count). The molecule has 0 aliphatic heterocycles. The van der Waals surface area contributed by atoms with Gasteiger partial charge in [-0.2, -0.15) is 0 Å². The summed E-state index contributed by atoms with van der Waals surface area (Å²) in [6, 6.07) is 3.34. The van der Waals surface area contributed by atoms with E-state index < -0.39 is 10.0 Å². The third-order valence-electron chi connectivity index (χ3n) is 4.55. The molecule has 1 aromatic heterocycles. The van der Waals surface area contributed by atoms with Gasteiger partial charge >= 0.3 is 0 Å². The number of thiophene rings is 1. The Morgan fingerprint density at radius 3 is 2.32 bits per heavy atom. The number of aliphatic hydroxyl groups is 1. The second-order valence-electron chi connectivity index (χ2n) is 6.19. The van der Waals surface area contributed by atoms with Crippen LogP contribution in [-0.2, 0) is 16.4 Å². The second-order valence-corrected chi connectivity index (χ2v) is 9.30. The summed E-state index contributed by atoms with van der Waals surface area (Å²) in [5.41, 5.74) is -0.0451. The highest BCUT2D eigenvalue weighted by Gasteiger charge is 2.66. The molecule has 0 radical (unpaired) electrons. The lowest BCUT2D eigenvalue weighted by atomic mass is 10.0. The molecule has 0 aromatic carbocycles. The summed E-state index contributed by atoms with van der Waals surface area (Å²) >= 11 is 1.22. The van der Waals surface area contributed by atoms with Crippen LogP contribution in [0.25, 0.3) is 0 Å². The Balaban J connectivity index is 2.15. The van der Waals surface area contributed by atoms with Gasteiger partial charge in [-0.3, -0.25) is 0 Å². The minimum Gasteiger partial charge on any atom is -0.396 e. The largest absolute Gasteiger partial charge is 0.396 e.